The van der Waals surface area contributed by atoms with Crippen molar-refractivity contribution in [2.45, 2.75) is 13.0 Å². The summed E-state index contributed by atoms with van der Waals surface area (Å²) in [5, 5.41) is 9.02. The van der Waals surface area contributed by atoms with Crippen LogP contribution < -0.4 is 5.69 Å². The van der Waals surface area contributed by atoms with Crippen LogP contribution in [0.25, 0.3) is 22.2 Å². The molecular formula is C23H17N3O2. The van der Waals surface area contributed by atoms with Gasteiger partial charge in [0.25, 0.3) is 0 Å². The largest absolute Gasteiger partial charge is 0.327 e. The molecule has 5 heteroatoms. The number of carbonyl (C=O) groups excluding carboxylic acids is 1. The SMILES string of the molecule is CC(C(=O)c1ccc(-c2ccccc2)cc1)n1c(=O)[nH]c2cc(C#N)ccc21. The second-order valence-electron chi connectivity index (χ2n) is 6.63. The molecule has 1 N–H and O–H groups in total. The van der Waals surface area contributed by atoms with E-state index in [2.05, 4.69) is 4.98 Å². The standard InChI is InChI=1S/C23H17N3O2/c1-15(26-21-12-7-16(14-24)13-20(21)25-23(26)28)22(27)19-10-8-18(9-11-19)17-5-3-2-4-6-17/h2-13,15H,1H3,(H,25,28). The fraction of sp³-hybridized carbons (Fsp3) is 0.0870. The van der Waals surface area contributed by atoms with Gasteiger partial charge < -0.3 is 4.98 Å². The second-order valence-corrected chi connectivity index (χ2v) is 6.63. The Morgan fingerprint density at radius 3 is 2.36 bits per heavy atom. The summed E-state index contributed by atoms with van der Waals surface area (Å²) in [6.07, 6.45) is 0. The fourth-order valence-electron chi connectivity index (χ4n) is 3.40. The molecule has 0 spiro atoms. The van der Waals surface area contributed by atoms with Crippen LogP contribution in [0.1, 0.15) is 28.9 Å². The van der Waals surface area contributed by atoms with Crippen molar-refractivity contribution in [1.29, 1.82) is 5.26 Å². The van der Waals surface area contributed by atoms with E-state index >= 15 is 0 Å². The summed E-state index contributed by atoms with van der Waals surface area (Å²) in [5.41, 5.74) is 3.88. The van der Waals surface area contributed by atoms with Crippen LogP contribution in [0.2, 0.25) is 0 Å². The van der Waals surface area contributed by atoms with E-state index in [4.69, 9.17) is 5.26 Å². The van der Waals surface area contributed by atoms with Crippen LogP contribution >= 0.6 is 0 Å². The zero-order valence-corrected chi connectivity index (χ0v) is 15.2. The molecule has 4 rings (SSSR count). The van der Waals surface area contributed by atoms with Crippen LogP contribution in [0.5, 0.6) is 0 Å². The van der Waals surface area contributed by atoms with Crippen molar-refractivity contribution in [3.05, 3.63) is 94.4 Å². The summed E-state index contributed by atoms with van der Waals surface area (Å²) in [6, 6.07) is 23.6. The number of rotatable bonds is 4. The number of imidazole rings is 1. The summed E-state index contributed by atoms with van der Waals surface area (Å²) in [7, 11) is 0. The molecule has 0 saturated carbocycles. The third-order valence-corrected chi connectivity index (χ3v) is 4.89. The molecule has 0 amide bonds. The Bertz CT molecular complexity index is 1260. The number of carbonyl (C=O) groups is 1. The number of aromatic amines is 1. The molecule has 0 aliphatic heterocycles. The maximum atomic E-state index is 13.0. The van der Waals surface area contributed by atoms with Crippen molar-refractivity contribution in [3.63, 3.8) is 0 Å². The summed E-state index contributed by atoms with van der Waals surface area (Å²) in [5.74, 6) is -0.146. The van der Waals surface area contributed by atoms with Crippen molar-refractivity contribution < 1.29 is 4.79 Å². The minimum atomic E-state index is -0.670. The highest BCUT2D eigenvalue weighted by molar-refractivity contribution is 6.00. The number of nitrogens with one attached hydrogen (secondary N) is 1. The monoisotopic (exact) mass is 367 g/mol. The summed E-state index contributed by atoms with van der Waals surface area (Å²) in [4.78, 5) is 28.1. The normalized spacial score (nSPS) is 11.9. The van der Waals surface area contributed by atoms with E-state index in [0.717, 1.165) is 11.1 Å². The first kappa shape index (κ1) is 17.5. The molecule has 0 saturated heterocycles. The predicted octanol–water partition coefficient (Wildman–Crippen LogP) is 4.31. The molecule has 1 heterocycles. The Labute approximate surface area is 161 Å². The third kappa shape index (κ3) is 3.01. The number of fused-ring (bicyclic) bond motifs is 1. The highest BCUT2D eigenvalue weighted by Crippen LogP contribution is 2.23. The van der Waals surface area contributed by atoms with Gasteiger partial charge in [-0.05, 0) is 36.2 Å². The number of benzene rings is 3. The van der Waals surface area contributed by atoms with E-state index in [9.17, 15) is 9.59 Å². The molecular weight excluding hydrogens is 350 g/mol. The molecule has 1 aromatic heterocycles. The molecule has 0 fully saturated rings. The maximum Gasteiger partial charge on any atom is 0.327 e. The lowest BCUT2D eigenvalue weighted by molar-refractivity contribution is 0.0935. The Morgan fingerprint density at radius 2 is 1.68 bits per heavy atom. The number of H-pyrrole nitrogens is 1. The topological polar surface area (TPSA) is 78.7 Å². The molecule has 5 nitrogen and oxygen atoms in total. The van der Waals surface area contributed by atoms with Gasteiger partial charge >= 0.3 is 5.69 Å². The Morgan fingerprint density at radius 1 is 1.00 bits per heavy atom. The van der Waals surface area contributed by atoms with Crippen LogP contribution in [0.4, 0.5) is 0 Å². The van der Waals surface area contributed by atoms with Crippen LogP contribution in [-0.4, -0.2) is 15.3 Å². The lowest BCUT2D eigenvalue weighted by Gasteiger charge is -2.13. The first-order valence-electron chi connectivity index (χ1n) is 8.92. The maximum absolute atomic E-state index is 13.0. The van der Waals surface area contributed by atoms with Gasteiger partial charge in [0.15, 0.2) is 5.78 Å². The zero-order valence-electron chi connectivity index (χ0n) is 15.2. The van der Waals surface area contributed by atoms with Crippen LogP contribution in [0.3, 0.4) is 0 Å². The summed E-state index contributed by atoms with van der Waals surface area (Å²) in [6.45, 7) is 1.71. The number of hydrogen-bond donors (Lipinski definition) is 1. The van der Waals surface area contributed by atoms with Crippen molar-refractivity contribution in [3.8, 4) is 17.2 Å². The minimum Gasteiger partial charge on any atom is -0.305 e. The van der Waals surface area contributed by atoms with Crippen LogP contribution in [-0.2, 0) is 0 Å². The van der Waals surface area contributed by atoms with Crippen LogP contribution in [0.15, 0.2) is 77.6 Å². The molecule has 0 aliphatic rings. The zero-order chi connectivity index (χ0) is 19.7. The number of aromatic nitrogens is 2. The van der Waals surface area contributed by atoms with Crippen molar-refractivity contribution in [1.82, 2.24) is 9.55 Å². The van der Waals surface area contributed by atoms with E-state index in [1.807, 2.05) is 48.5 Å². The molecule has 3 aromatic carbocycles. The van der Waals surface area contributed by atoms with E-state index < -0.39 is 6.04 Å². The number of nitrogens with zero attached hydrogens (tertiary/aromatic N) is 2. The fourth-order valence-corrected chi connectivity index (χ4v) is 3.40. The van der Waals surface area contributed by atoms with Crippen LogP contribution in [0, 0.1) is 11.3 Å². The van der Waals surface area contributed by atoms with E-state index in [-0.39, 0.29) is 11.5 Å². The van der Waals surface area contributed by atoms with E-state index in [0.29, 0.717) is 22.2 Å². The molecule has 1 unspecified atom stereocenters. The van der Waals surface area contributed by atoms with Gasteiger partial charge in [-0.25, -0.2) is 4.79 Å². The predicted molar refractivity (Wildman–Crippen MR) is 108 cm³/mol. The quantitative estimate of drug-likeness (QED) is 0.546. The number of ketones is 1. The first-order valence-corrected chi connectivity index (χ1v) is 8.92. The average molecular weight is 367 g/mol. The van der Waals surface area contributed by atoms with Gasteiger partial charge in [-0.3, -0.25) is 9.36 Å². The van der Waals surface area contributed by atoms with Gasteiger partial charge in [-0.1, -0.05) is 54.6 Å². The smallest absolute Gasteiger partial charge is 0.305 e. The lowest BCUT2D eigenvalue weighted by Crippen LogP contribution is -2.26. The third-order valence-electron chi connectivity index (χ3n) is 4.89. The number of nitriles is 1. The van der Waals surface area contributed by atoms with Gasteiger partial charge in [-0.15, -0.1) is 0 Å². The second kappa shape index (κ2) is 7.01. The summed E-state index contributed by atoms with van der Waals surface area (Å²) < 4.78 is 1.43. The highest BCUT2D eigenvalue weighted by Gasteiger charge is 2.21. The number of Topliss-reactive ketones (excluding diaryl/α,β-unsaturated/α-hetero) is 1. The molecule has 0 aliphatic carbocycles. The molecule has 28 heavy (non-hydrogen) atoms. The minimum absolute atomic E-state index is 0.146. The summed E-state index contributed by atoms with van der Waals surface area (Å²) >= 11 is 0. The van der Waals surface area contributed by atoms with Crippen molar-refractivity contribution in [2.75, 3.05) is 0 Å². The van der Waals surface area contributed by atoms with Gasteiger partial charge in [0.1, 0.15) is 0 Å². The molecule has 136 valence electrons. The van der Waals surface area contributed by atoms with E-state index in [1.54, 1.807) is 37.3 Å². The Balaban J connectivity index is 1.67. The van der Waals surface area contributed by atoms with Gasteiger partial charge in [0, 0.05) is 5.56 Å². The molecule has 0 bridgehead atoms. The average Bonchev–Trinajstić information content (AvgIpc) is 3.08. The van der Waals surface area contributed by atoms with Crippen molar-refractivity contribution >= 4 is 16.8 Å². The molecule has 0 radical (unpaired) electrons. The van der Waals surface area contributed by atoms with Gasteiger partial charge in [0.05, 0.1) is 28.7 Å². The molecule has 4 aromatic rings. The first-order chi connectivity index (χ1) is 13.6. The van der Waals surface area contributed by atoms with Crippen molar-refractivity contribution in [2.24, 2.45) is 0 Å². The van der Waals surface area contributed by atoms with Gasteiger partial charge in [-0.2, -0.15) is 5.26 Å². The Hall–Kier alpha value is -3.91. The van der Waals surface area contributed by atoms with E-state index in [1.165, 1.54) is 4.57 Å². The lowest BCUT2D eigenvalue weighted by atomic mass is 10.00. The highest BCUT2D eigenvalue weighted by atomic mass is 16.2. The Kier molecular flexibility index (Phi) is 4.38. The van der Waals surface area contributed by atoms with Gasteiger partial charge in [0.2, 0.25) is 0 Å². The molecule has 1 atom stereocenters. The number of hydrogen-bond acceptors (Lipinski definition) is 3.